The highest BCUT2D eigenvalue weighted by atomic mass is 32.2. The van der Waals surface area contributed by atoms with Gasteiger partial charge in [-0.05, 0) is 37.1 Å². The van der Waals surface area contributed by atoms with Gasteiger partial charge in [-0.15, -0.1) is 0 Å². The summed E-state index contributed by atoms with van der Waals surface area (Å²) in [5.41, 5.74) is 0.504. The van der Waals surface area contributed by atoms with Crippen LogP contribution in [0.15, 0.2) is 52.3 Å². The summed E-state index contributed by atoms with van der Waals surface area (Å²) < 4.78 is 23.5. The Morgan fingerprint density at radius 3 is 2.54 bits per heavy atom. The van der Waals surface area contributed by atoms with Crippen LogP contribution in [0.3, 0.4) is 0 Å². The summed E-state index contributed by atoms with van der Waals surface area (Å²) in [5, 5.41) is 11.6. The molecular weight excluding hydrogens is 332 g/mol. The first-order valence-corrected chi connectivity index (χ1v) is 8.77. The molecule has 128 valence electrons. The van der Waals surface area contributed by atoms with Gasteiger partial charge < -0.3 is 5.32 Å². The number of primary sulfonamides is 1. The molecule has 24 heavy (non-hydrogen) atoms. The predicted molar refractivity (Wildman–Crippen MR) is 87.7 cm³/mol. The summed E-state index contributed by atoms with van der Waals surface area (Å²) in [5.74, 6) is -0.322. The van der Waals surface area contributed by atoms with Crippen LogP contribution >= 0.6 is 0 Å². The van der Waals surface area contributed by atoms with Gasteiger partial charge in [-0.25, -0.2) is 18.2 Å². The zero-order chi connectivity index (χ0) is 17.7. The standard InChI is InChI=1S/C15H18N4O4S/c1-11(19-14(20)3-2-9-18-19)15(21)17-10-8-12-4-6-13(7-5-12)24(16,22)23/h2-7,9,11H,8,10H2,1H3,(H,17,21)(H2,16,22,23). The van der Waals surface area contributed by atoms with Gasteiger partial charge in [0.1, 0.15) is 6.04 Å². The van der Waals surface area contributed by atoms with Gasteiger partial charge in [-0.3, -0.25) is 9.59 Å². The number of carbonyl (C=O) groups is 1. The lowest BCUT2D eigenvalue weighted by atomic mass is 10.1. The van der Waals surface area contributed by atoms with E-state index < -0.39 is 16.1 Å². The van der Waals surface area contributed by atoms with Crippen molar-refractivity contribution in [1.82, 2.24) is 15.1 Å². The number of sulfonamides is 1. The van der Waals surface area contributed by atoms with Gasteiger partial charge in [0.15, 0.2) is 0 Å². The third kappa shape index (κ3) is 4.49. The predicted octanol–water partition coefficient (Wildman–Crippen LogP) is -0.189. The fourth-order valence-electron chi connectivity index (χ4n) is 2.09. The number of hydrogen-bond donors (Lipinski definition) is 2. The molecule has 2 rings (SSSR count). The molecule has 1 unspecified atom stereocenters. The van der Waals surface area contributed by atoms with E-state index >= 15 is 0 Å². The second kappa shape index (κ2) is 7.37. The Labute approximate surface area is 139 Å². The van der Waals surface area contributed by atoms with E-state index in [-0.39, 0.29) is 16.4 Å². The molecule has 0 aliphatic carbocycles. The second-order valence-corrected chi connectivity index (χ2v) is 6.77. The Kier molecular flexibility index (Phi) is 5.47. The van der Waals surface area contributed by atoms with Crippen LogP contribution in [-0.2, 0) is 21.2 Å². The van der Waals surface area contributed by atoms with Crippen LogP contribution < -0.4 is 16.0 Å². The van der Waals surface area contributed by atoms with E-state index in [1.54, 1.807) is 19.1 Å². The number of amides is 1. The second-order valence-electron chi connectivity index (χ2n) is 5.21. The third-order valence-corrected chi connectivity index (χ3v) is 4.38. The maximum absolute atomic E-state index is 12.1. The lowest BCUT2D eigenvalue weighted by Gasteiger charge is -2.13. The normalized spacial score (nSPS) is 12.6. The van der Waals surface area contributed by atoms with Crippen LogP contribution in [0.1, 0.15) is 18.5 Å². The minimum absolute atomic E-state index is 0.0402. The zero-order valence-corrected chi connectivity index (χ0v) is 13.9. The average molecular weight is 350 g/mol. The molecule has 0 bridgehead atoms. The number of benzene rings is 1. The topological polar surface area (TPSA) is 124 Å². The fourth-order valence-corrected chi connectivity index (χ4v) is 2.61. The Bertz CT molecular complexity index is 875. The van der Waals surface area contributed by atoms with E-state index in [2.05, 4.69) is 10.4 Å². The van der Waals surface area contributed by atoms with Crippen molar-refractivity contribution in [2.45, 2.75) is 24.3 Å². The Morgan fingerprint density at radius 2 is 1.96 bits per heavy atom. The summed E-state index contributed by atoms with van der Waals surface area (Å²) in [6.07, 6.45) is 1.96. The monoisotopic (exact) mass is 350 g/mol. The van der Waals surface area contributed by atoms with Gasteiger partial charge in [-0.2, -0.15) is 5.10 Å². The first kappa shape index (κ1) is 17.8. The van der Waals surface area contributed by atoms with Crippen molar-refractivity contribution in [2.24, 2.45) is 5.14 Å². The van der Waals surface area contributed by atoms with E-state index in [0.29, 0.717) is 13.0 Å². The minimum Gasteiger partial charge on any atom is -0.354 e. The fraction of sp³-hybridized carbons (Fsp3) is 0.267. The molecule has 0 spiro atoms. The molecule has 1 heterocycles. The molecule has 0 saturated heterocycles. The Hall–Kier alpha value is -2.52. The molecule has 2 aromatic rings. The van der Waals surface area contributed by atoms with Gasteiger partial charge in [0.25, 0.3) is 5.56 Å². The van der Waals surface area contributed by atoms with Gasteiger partial charge >= 0.3 is 0 Å². The Balaban J connectivity index is 1.91. The number of hydrogen-bond acceptors (Lipinski definition) is 5. The molecule has 8 nitrogen and oxygen atoms in total. The molecule has 1 atom stereocenters. The number of nitrogens with two attached hydrogens (primary N) is 1. The average Bonchev–Trinajstić information content (AvgIpc) is 2.54. The summed E-state index contributed by atoms with van der Waals surface area (Å²) in [6.45, 7) is 1.93. The summed E-state index contributed by atoms with van der Waals surface area (Å²) >= 11 is 0. The van der Waals surface area contributed by atoms with Gasteiger partial charge in [0.2, 0.25) is 15.9 Å². The summed E-state index contributed by atoms with van der Waals surface area (Å²) in [7, 11) is -3.71. The highest BCUT2D eigenvalue weighted by molar-refractivity contribution is 7.89. The van der Waals surface area contributed by atoms with E-state index in [9.17, 15) is 18.0 Å². The molecule has 9 heteroatoms. The molecule has 0 aliphatic rings. The van der Waals surface area contributed by atoms with Gasteiger partial charge in [0, 0.05) is 18.8 Å². The van der Waals surface area contributed by atoms with Crippen molar-refractivity contribution < 1.29 is 13.2 Å². The van der Waals surface area contributed by atoms with Crippen LogP contribution in [0.5, 0.6) is 0 Å². The first-order chi connectivity index (χ1) is 11.3. The van der Waals surface area contributed by atoms with E-state index in [1.165, 1.54) is 30.5 Å². The van der Waals surface area contributed by atoms with Crippen LogP contribution in [-0.4, -0.2) is 30.7 Å². The van der Waals surface area contributed by atoms with Gasteiger partial charge in [0.05, 0.1) is 4.90 Å². The van der Waals surface area contributed by atoms with Crippen molar-refractivity contribution in [3.05, 3.63) is 58.5 Å². The van der Waals surface area contributed by atoms with Crippen LogP contribution in [0, 0.1) is 0 Å². The number of rotatable bonds is 6. The first-order valence-electron chi connectivity index (χ1n) is 7.22. The lowest BCUT2D eigenvalue weighted by Crippen LogP contribution is -2.37. The molecule has 1 aromatic carbocycles. The summed E-state index contributed by atoms with van der Waals surface area (Å²) in [6, 6.07) is 8.24. The van der Waals surface area contributed by atoms with Crippen molar-refractivity contribution in [2.75, 3.05) is 6.54 Å². The zero-order valence-electron chi connectivity index (χ0n) is 13.0. The highest BCUT2D eigenvalue weighted by Gasteiger charge is 2.16. The maximum atomic E-state index is 12.1. The molecule has 1 amide bonds. The lowest BCUT2D eigenvalue weighted by molar-refractivity contribution is -0.124. The van der Waals surface area contributed by atoms with Crippen molar-refractivity contribution >= 4 is 15.9 Å². The van der Waals surface area contributed by atoms with Crippen molar-refractivity contribution in [3.63, 3.8) is 0 Å². The minimum atomic E-state index is -3.71. The van der Waals surface area contributed by atoms with Gasteiger partial charge in [-0.1, -0.05) is 12.1 Å². The van der Waals surface area contributed by atoms with E-state index in [1.807, 2.05) is 0 Å². The van der Waals surface area contributed by atoms with Crippen molar-refractivity contribution in [3.8, 4) is 0 Å². The molecule has 1 aromatic heterocycles. The number of aromatic nitrogens is 2. The number of nitrogens with zero attached hydrogens (tertiary/aromatic N) is 2. The SMILES string of the molecule is CC(C(=O)NCCc1ccc(S(N)(=O)=O)cc1)n1ncccc1=O. The van der Waals surface area contributed by atoms with Crippen LogP contribution in [0.4, 0.5) is 0 Å². The van der Waals surface area contributed by atoms with E-state index in [0.717, 1.165) is 10.2 Å². The van der Waals surface area contributed by atoms with Crippen LogP contribution in [0.2, 0.25) is 0 Å². The third-order valence-electron chi connectivity index (χ3n) is 3.45. The molecule has 0 aliphatic heterocycles. The molecule has 3 N–H and O–H groups in total. The maximum Gasteiger partial charge on any atom is 0.267 e. The summed E-state index contributed by atoms with van der Waals surface area (Å²) in [4.78, 5) is 23.7. The van der Waals surface area contributed by atoms with E-state index in [4.69, 9.17) is 5.14 Å². The quantitative estimate of drug-likeness (QED) is 0.747. The Morgan fingerprint density at radius 1 is 1.29 bits per heavy atom. The largest absolute Gasteiger partial charge is 0.354 e. The van der Waals surface area contributed by atoms with Crippen LogP contribution in [0.25, 0.3) is 0 Å². The molecule has 0 saturated carbocycles. The smallest absolute Gasteiger partial charge is 0.267 e. The molecule has 0 fully saturated rings. The van der Waals surface area contributed by atoms with Crippen molar-refractivity contribution in [1.29, 1.82) is 0 Å². The number of carbonyl (C=O) groups excluding carboxylic acids is 1. The highest BCUT2D eigenvalue weighted by Crippen LogP contribution is 2.09. The molecular formula is C15H18N4O4S. The number of nitrogens with one attached hydrogen (secondary N) is 1. The molecule has 0 radical (unpaired) electrons.